The summed E-state index contributed by atoms with van der Waals surface area (Å²) in [6.07, 6.45) is 0. The molecule has 0 radical (unpaired) electrons. The minimum atomic E-state index is -0.342. The van der Waals surface area contributed by atoms with E-state index < -0.39 is 0 Å². The normalized spacial score (nSPS) is 12.9. The number of hydrogen-bond donors (Lipinski definition) is 3. The van der Waals surface area contributed by atoms with Gasteiger partial charge in [0.15, 0.2) is 5.65 Å². The van der Waals surface area contributed by atoms with E-state index in [0.717, 1.165) is 6.54 Å². The maximum absolute atomic E-state index is 11.3. The summed E-state index contributed by atoms with van der Waals surface area (Å²) in [5.74, 6) is 0.995. The van der Waals surface area contributed by atoms with Crippen LogP contribution in [-0.2, 0) is 0 Å². The number of anilines is 1. The Morgan fingerprint density at radius 1 is 1.62 bits per heavy atom. The Morgan fingerprint density at radius 2 is 2.44 bits per heavy atom. The van der Waals surface area contributed by atoms with Crippen molar-refractivity contribution in [1.29, 1.82) is 0 Å². The third-order valence-electron chi connectivity index (χ3n) is 2.31. The lowest BCUT2D eigenvalue weighted by Gasteiger charge is -2.09. The molecule has 0 saturated carbocycles. The largest absolute Gasteiger partial charge is 0.368 e. The molecule has 0 spiro atoms. The molecule has 1 unspecified atom stereocenters. The highest BCUT2D eigenvalue weighted by Crippen LogP contribution is 2.03. The van der Waals surface area contributed by atoms with Crippen molar-refractivity contribution in [2.45, 2.75) is 6.92 Å². The van der Waals surface area contributed by atoms with Crippen molar-refractivity contribution in [3.05, 3.63) is 22.6 Å². The van der Waals surface area contributed by atoms with Gasteiger partial charge in [0.25, 0.3) is 0 Å². The van der Waals surface area contributed by atoms with E-state index in [9.17, 15) is 4.79 Å². The summed E-state index contributed by atoms with van der Waals surface area (Å²) in [5, 5.41) is 13.3. The molecule has 0 aliphatic carbocycles. The molecule has 0 amide bonds. The molecule has 2 aromatic heterocycles. The number of aromatic amines is 1. The van der Waals surface area contributed by atoms with Crippen molar-refractivity contribution in [1.82, 2.24) is 19.8 Å². The highest BCUT2D eigenvalue weighted by Gasteiger charge is 2.03. The molecule has 86 valence electrons. The molecule has 4 N–H and O–H groups in total. The number of aromatic nitrogens is 4. The van der Waals surface area contributed by atoms with E-state index in [1.807, 2.05) is 6.92 Å². The van der Waals surface area contributed by atoms with Crippen LogP contribution in [0.4, 0.5) is 5.82 Å². The van der Waals surface area contributed by atoms with Crippen molar-refractivity contribution >= 4 is 11.5 Å². The topological polar surface area (TPSA) is 101 Å². The van der Waals surface area contributed by atoms with Crippen LogP contribution in [0.5, 0.6) is 0 Å². The van der Waals surface area contributed by atoms with Crippen LogP contribution < -0.4 is 16.7 Å². The molecule has 0 aromatic carbocycles. The molecule has 0 bridgehead atoms. The standard InChI is InChI=1S/C9H14N6O/c1-6(4-10)5-11-7-2-3-8-12-13-9(16)15(8)14-7/h2-3,6H,4-5,10H2,1H3,(H,11,14)(H,13,16). The molecule has 1 atom stereocenters. The van der Waals surface area contributed by atoms with E-state index in [0.29, 0.717) is 23.9 Å². The monoisotopic (exact) mass is 222 g/mol. The van der Waals surface area contributed by atoms with E-state index in [4.69, 9.17) is 5.73 Å². The van der Waals surface area contributed by atoms with Crippen LogP contribution in [-0.4, -0.2) is 32.9 Å². The van der Waals surface area contributed by atoms with Gasteiger partial charge in [0.05, 0.1) is 0 Å². The second kappa shape index (κ2) is 4.31. The maximum Gasteiger partial charge on any atom is 0.364 e. The quantitative estimate of drug-likeness (QED) is 0.642. The Labute approximate surface area is 91.7 Å². The number of hydrogen-bond acceptors (Lipinski definition) is 5. The van der Waals surface area contributed by atoms with Crippen molar-refractivity contribution < 1.29 is 0 Å². The van der Waals surface area contributed by atoms with Crippen molar-refractivity contribution in [3.63, 3.8) is 0 Å². The summed E-state index contributed by atoms with van der Waals surface area (Å²) in [6.45, 7) is 3.37. The maximum atomic E-state index is 11.3. The number of fused-ring (bicyclic) bond motifs is 1. The smallest absolute Gasteiger partial charge is 0.364 e. The fourth-order valence-electron chi connectivity index (χ4n) is 1.26. The summed E-state index contributed by atoms with van der Waals surface area (Å²) >= 11 is 0. The van der Waals surface area contributed by atoms with Gasteiger partial charge in [-0.25, -0.2) is 9.89 Å². The fourth-order valence-corrected chi connectivity index (χ4v) is 1.26. The number of nitrogens with one attached hydrogen (secondary N) is 2. The molecule has 0 fully saturated rings. The van der Waals surface area contributed by atoms with Crippen LogP contribution in [0.15, 0.2) is 16.9 Å². The summed E-state index contributed by atoms with van der Waals surface area (Å²) in [5.41, 5.74) is 5.66. The Bertz CT molecular complexity index is 530. The minimum Gasteiger partial charge on any atom is -0.368 e. The van der Waals surface area contributed by atoms with Crippen LogP contribution in [0.2, 0.25) is 0 Å². The van der Waals surface area contributed by atoms with Crippen molar-refractivity contribution in [3.8, 4) is 0 Å². The van der Waals surface area contributed by atoms with Crippen LogP contribution >= 0.6 is 0 Å². The molecule has 7 heteroatoms. The molecule has 16 heavy (non-hydrogen) atoms. The Hall–Kier alpha value is -1.89. The summed E-state index contributed by atoms with van der Waals surface area (Å²) in [7, 11) is 0. The van der Waals surface area contributed by atoms with Crippen LogP contribution in [0, 0.1) is 5.92 Å². The average molecular weight is 222 g/mol. The highest BCUT2D eigenvalue weighted by molar-refractivity contribution is 5.42. The second-order valence-electron chi connectivity index (χ2n) is 3.74. The highest BCUT2D eigenvalue weighted by atomic mass is 16.2. The van der Waals surface area contributed by atoms with Gasteiger partial charge in [-0.05, 0) is 24.6 Å². The molecular weight excluding hydrogens is 208 g/mol. The number of nitrogens with zero attached hydrogens (tertiary/aromatic N) is 3. The summed E-state index contributed by atoms with van der Waals surface area (Å²) in [4.78, 5) is 11.3. The van der Waals surface area contributed by atoms with E-state index in [1.165, 1.54) is 4.52 Å². The lowest BCUT2D eigenvalue weighted by Crippen LogP contribution is -2.21. The molecule has 7 nitrogen and oxygen atoms in total. The first-order chi connectivity index (χ1) is 7.70. The van der Waals surface area contributed by atoms with Gasteiger partial charge < -0.3 is 11.1 Å². The lowest BCUT2D eigenvalue weighted by atomic mass is 10.2. The van der Waals surface area contributed by atoms with Crippen LogP contribution in [0.25, 0.3) is 5.65 Å². The van der Waals surface area contributed by atoms with Gasteiger partial charge >= 0.3 is 5.69 Å². The van der Waals surface area contributed by atoms with Gasteiger partial charge in [-0.1, -0.05) is 6.92 Å². The summed E-state index contributed by atoms with van der Waals surface area (Å²) < 4.78 is 1.22. The fraction of sp³-hybridized carbons (Fsp3) is 0.444. The average Bonchev–Trinajstić information content (AvgIpc) is 2.68. The van der Waals surface area contributed by atoms with E-state index in [1.54, 1.807) is 12.1 Å². The van der Waals surface area contributed by atoms with Crippen molar-refractivity contribution in [2.75, 3.05) is 18.4 Å². The Balaban J connectivity index is 2.19. The lowest BCUT2D eigenvalue weighted by molar-refractivity contribution is 0.625. The predicted octanol–water partition coefficient (Wildman–Crippen LogP) is -0.576. The van der Waals surface area contributed by atoms with Gasteiger partial charge in [0, 0.05) is 6.54 Å². The van der Waals surface area contributed by atoms with E-state index in [2.05, 4.69) is 20.6 Å². The minimum absolute atomic E-state index is 0.342. The molecule has 0 aliphatic rings. The Morgan fingerprint density at radius 3 is 3.19 bits per heavy atom. The molecular formula is C9H14N6O. The van der Waals surface area contributed by atoms with Gasteiger partial charge in [-0.3, -0.25) is 0 Å². The van der Waals surface area contributed by atoms with E-state index in [-0.39, 0.29) is 5.69 Å². The zero-order valence-corrected chi connectivity index (χ0v) is 8.97. The van der Waals surface area contributed by atoms with Crippen LogP contribution in [0.3, 0.4) is 0 Å². The first-order valence-corrected chi connectivity index (χ1v) is 5.09. The van der Waals surface area contributed by atoms with E-state index >= 15 is 0 Å². The van der Waals surface area contributed by atoms with Gasteiger partial charge in [0.1, 0.15) is 5.82 Å². The zero-order valence-electron chi connectivity index (χ0n) is 8.97. The molecule has 0 saturated heterocycles. The van der Waals surface area contributed by atoms with Crippen LogP contribution in [0.1, 0.15) is 6.92 Å². The molecule has 2 rings (SSSR count). The second-order valence-corrected chi connectivity index (χ2v) is 3.74. The van der Waals surface area contributed by atoms with Gasteiger partial charge in [0.2, 0.25) is 0 Å². The summed E-state index contributed by atoms with van der Waals surface area (Å²) in [6, 6.07) is 3.50. The third kappa shape index (κ3) is 2.03. The third-order valence-corrected chi connectivity index (χ3v) is 2.31. The molecule has 0 aliphatic heterocycles. The van der Waals surface area contributed by atoms with Gasteiger partial charge in [-0.2, -0.15) is 9.61 Å². The Kier molecular flexibility index (Phi) is 2.86. The predicted molar refractivity (Wildman–Crippen MR) is 60.3 cm³/mol. The molecule has 2 heterocycles. The first-order valence-electron chi connectivity index (χ1n) is 5.09. The van der Waals surface area contributed by atoms with Crippen molar-refractivity contribution in [2.24, 2.45) is 11.7 Å². The number of rotatable bonds is 4. The number of H-pyrrole nitrogens is 1. The first kappa shape index (κ1) is 10.6. The SMILES string of the molecule is CC(CN)CNc1ccc2n[nH]c(=O)n2n1. The van der Waals surface area contributed by atoms with Gasteiger partial charge in [-0.15, -0.1) is 5.10 Å². The zero-order chi connectivity index (χ0) is 11.5. The molecule has 2 aromatic rings. The number of nitrogens with two attached hydrogens (primary N) is 1.